The summed E-state index contributed by atoms with van der Waals surface area (Å²) >= 11 is 0. The third kappa shape index (κ3) is 6.94. The molecule has 0 N–H and O–H groups in total. The van der Waals surface area contributed by atoms with Gasteiger partial charge in [-0.15, -0.1) is 0 Å². The van der Waals surface area contributed by atoms with Crippen molar-refractivity contribution in [3.8, 4) is 11.5 Å². The van der Waals surface area contributed by atoms with Crippen LogP contribution in [0.25, 0.3) is 0 Å². The van der Waals surface area contributed by atoms with E-state index in [1.54, 1.807) is 7.11 Å². The Morgan fingerprint density at radius 1 is 1.07 bits per heavy atom. The Balaban J connectivity index is 1.94. The number of nitrogens with zero attached hydrogens (tertiary/aromatic N) is 1. The van der Waals surface area contributed by atoms with E-state index in [0.717, 1.165) is 46.7 Å². The van der Waals surface area contributed by atoms with Crippen LogP contribution in [-0.2, 0) is 11.3 Å². The molecule has 2 aromatic rings. The molecule has 0 aliphatic carbocycles. The lowest BCUT2D eigenvalue weighted by atomic mass is 9.97. The number of hydrogen-bond acceptors (Lipinski definition) is 4. The van der Waals surface area contributed by atoms with Crippen molar-refractivity contribution in [3.63, 3.8) is 0 Å². The van der Waals surface area contributed by atoms with Crippen LogP contribution in [0, 0.1) is 19.8 Å². The Kier molecular flexibility index (Phi) is 9.46. The number of ether oxygens (including phenoxy) is 2. The summed E-state index contributed by atoms with van der Waals surface area (Å²) in [6, 6.07) is 12.6. The smallest absolute Gasteiger partial charge is 0.125 e. The number of benzene rings is 2. The average Bonchev–Trinajstić information content (AvgIpc) is 2.71. The Hall–Kier alpha value is -2.75. The van der Waals surface area contributed by atoms with Gasteiger partial charge in [0.15, 0.2) is 0 Å². The van der Waals surface area contributed by atoms with E-state index in [-0.39, 0.29) is 0 Å². The standard InChI is InChI=1S/C26H35NO3/c1-7-8-14-29-24-16-20(4)26(21(5)17-24)30-15-10-12-22-11-9-13-23(18-22)25(19(2)3)27-28-6/h7-9,11,13,16-19H,10,12,14-15H2,1-6H3/b8-7+,27-25?. The topological polar surface area (TPSA) is 40.0 Å². The van der Waals surface area contributed by atoms with Crippen molar-refractivity contribution < 1.29 is 14.3 Å². The minimum Gasteiger partial charge on any atom is -0.493 e. The third-order valence-electron chi connectivity index (χ3n) is 4.83. The summed E-state index contributed by atoms with van der Waals surface area (Å²) < 4.78 is 11.9. The Labute approximate surface area is 181 Å². The number of hydrogen-bond donors (Lipinski definition) is 0. The first-order chi connectivity index (χ1) is 14.5. The first-order valence-corrected chi connectivity index (χ1v) is 10.6. The maximum atomic E-state index is 6.11. The predicted molar refractivity (Wildman–Crippen MR) is 125 cm³/mol. The second-order valence-electron chi connectivity index (χ2n) is 7.73. The summed E-state index contributed by atoms with van der Waals surface area (Å²) in [4.78, 5) is 5.02. The highest BCUT2D eigenvalue weighted by atomic mass is 16.6. The second-order valence-corrected chi connectivity index (χ2v) is 7.73. The van der Waals surface area contributed by atoms with Gasteiger partial charge in [0.2, 0.25) is 0 Å². The molecule has 0 heterocycles. The highest BCUT2D eigenvalue weighted by Gasteiger charge is 2.11. The van der Waals surface area contributed by atoms with E-state index < -0.39 is 0 Å². The zero-order chi connectivity index (χ0) is 21.9. The quantitative estimate of drug-likeness (QED) is 0.190. The summed E-state index contributed by atoms with van der Waals surface area (Å²) in [5.74, 6) is 2.14. The normalized spacial score (nSPS) is 11.9. The predicted octanol–water partition coefficient (Wildman–Crippen LogP) is 6.28. The molecule has 0 fully saturated rings. The molecule has 0 spiro atoms. The molecule has 0 aliphatic rings. The number of oxime groups is 1. The van der Waals surface area contributed by atoms with Gasteiger partial charge in [0.25, 0.3) is 0 Å². The largest absolute Gasteiger partial charge is 0.493 e. The van der Waals surface area contributed by atoms with Crippen LogP contribution < -0.4 is 9.47 Å². The molecule has 2 aromatic carbocycles. The molecule has 0 bridgehead atoms. The van der Waals surface area contributed by atoms with Gasteiger partial charge in [-0.1, -0.05) is 49.4 Å². The molecular weight excluding hydrogens is 374 g/mol. The minimum absolute atomic E-state index is 0.305. The van der Waals surface area contributed by atoms with Crippen LogP contribution in [0.1, 0.15) is 49.4 Å². The SMILES string of the molecule is C/C=C/COc1cc(C)c(OCCCc2cccc(C(=NOC)C(C)C)c2)c(C)c1. The summed E-state index contributed by atoms with van der Waals surface area (Å²) in [6.45, 7) is 11.6. The number of allylic oxidation sites excluding steroid dienone is 1. The van der Waals surface area contributed by atoms with Gasteiger partial charge in [-0.2, -0.15) is 0 Å². The second kappa shape index (κ2) is 12.1. The van der Waals surface area contributed by atoms with E-state index in [4.69, 9.17) is 14.3 Å². The van der Waals surface area contributed by atoms with Crippen LogP contribution in [0.5, 0.6) is 11.5 Å². The summed E-state index contributed by atoms with van der Waals surface area (Å²) in [5, 5.41) is 4.20. The van der Waals surface area contributed by atoms with Crippen LogP contribution in [0.15, 0.2) is 53.7 Å². The van der Waals surface area contributed by atoms with Crippen molar-refractivity contribution in [2.75, 3.05) is 20.3 Å². The maximum Gasteiger partial charge on any atom is 0.125 e. The van der Waals surface area contributed by atoms with E-state index in [1.165, 1.54) is 5.56 Å². The molecule has 0 saturated carbocycles. The molecule has 162 valence electrons. The van der Waals surface area contributed by atoms with Crippen molar-refractivity contribution in [3.05, 3.63) is 70.8 Å². The van der Waals surface area contributed by atoms with Crippen LogP contribution in [0.4, 0.5) is 0 Å². The van der Waals surface area contributed by atoms with Crippen molar-refractivity contribution in [2.24, 2.45) is 11.1 Å². The molecule has 0 unspecified atom stereocenters. The van der Waals surface area contributed by atoms with Gasteiger partial charge in [-0.25, -0.2) is 0 Å². The zero-order valence-electron chi connectivity index (χ0n) is 19.2. The first-order valence-electron chi connectivity index (χ1n) is 10.6. The molecule has 0 amide bonds. The monoisotopic (exact) mass is 409 g/mol. The van der Waals surface area contributed by atoms with Crippen LogP contribution in [-0.4, -0.2) is 26.0 Å². The maximum absolute atomic E-state index is 6.11. The van der Waals surface area contributed by atoms with Gasteiger partial charge >= 0.3 is 0 Å². The van der Waals surface area contributed by atoms with Crippen LogP contribution >= 0.6 is 0 Å². The number of aryl methyl sites for hydroxylation is 3. The fourth-order valence-electron chi connectivity index (χ4n) is 3.39. The molecule has 2 rings (SSSR count). The van der Waals surface area contributed by atoms with E-state index in [1.807, 2.05) is 31.2 Å². The lowest BCUT2D eigenvalue weighted by molar-refractivity contribution is 0.212. The zero-order valence-corrected chi connectivity index (χ0v) is 19.2. The van der Waals surface area contributed by atoms with E-state index in [9.17, 15) is 0 Å². The molecule has 0 aliphatic heterocycles. The van der Waals surface area contributed by atoms with Gasteiger partial charge in [0.05, 0.1) is 12.3 Å². The average molecular weight is 410 g/mol. The highest BCUT2D eigenvalue weighted by Crippen LogP contribution is 2.28. The third-order valence-corrected chi connectivity index (χ3v) is 4.83. The lowest BCUT2D eigenvalue weighted by Gasteiger charge is -2.15. The number of rotatable bonds is 11. The van der Waals surface area contributed by atoms with Crippen LogP contribution in [0.2, 0.25) is 0 Å². The fraction of sp³-hybridized carbons (Fsp3) is 0.423. The van der Waals surface area contributed by atoms with E-state index >= 15 is 0 Å². The fourth-order valence-corrected chi connectivity index (χ4v) is 3.39. The Bertz CT molecular complexity index is 845. The lowest BCUT2D eigenvalue weighted by Crippen LogP contribution is -2.10. The van der Waals surface area contributed by atoms with E-state index in [0.29, 0.717) is 19.1 Å². The molecule has 0 saturated heterocycles. The molecule has 30 heavy (non-hydrogen) atoms. The van der Waals surface area contributed by atoms with Crippen molar-refractivity contribution in [1.29, 1.82) is 0 Å². The molecule has 4 nitrogen and oxygen atoms in total. The molecule has 0 atom stereocenters. The molecule has 0 aromatic heterocycles. The molecular formula is C26H35NO3. The van der Waals surface area contributed by atoms with Crippen LogP contribution in [0.3, 0.4) is 0 Å². The van der Waals surface area contributed by atoms with Gasteiger partial charge in [-0.05, 0) is 80.0 Å². The molecule has 0 radical (unpaired) electrons. The summed E-state index contributed by atoms with van der Waals surface area (Å²) in [6.07, 6.45) is 5.88. The summed E-state index contributed by atoms with van der Waals surface area (Å²) in [5.41, 5.74) is 5.57. The Morgan fingerprint density at radius 3 is 2.43 bits per heavy atom. The van der Waals surface area contributed by atoms with Crippen molar-refractivity contribution in [2.45, 2.75) is 47.5 Å². The highest BCUT2D eigenvalue weighted by molar-refractivity contribution is 6.01. The van der Waals surface area contributed by atoms with Gasteiger partial charge in [0, 0.05) is 0 Å². The van der Waals surface area contributed by atoms with Crippen molar-refractivity contribution in [1.82, 2.24) is 0 Å². The van der Waals surface area contributed by atoms with Gasteiger partial charge in [-0.3, -0.25) is 0 Å². The first kappa shape index (κ1) is 23.5. The van der Waals surface area contributed by atoms with E-state index in [2.05, 4.69) is 57.1 Å². The minimum atomic E-state index is 0.305. The molecule has 4 heteroatoms. The van der Waals surface area contributed by atoms with Gasteiger partial charge in [0.1, 0.15) is 25.2 Å². The van der Waals surface area contributed by atoms with Gasteiger partial charge < -0.3 is 14.3 Å². The summed E-state index contributed by atoms with van der Waals surface area (Å²) in [7, 11) is 1.59. The van der Waals surface area contributed by atoms with Crippen molar-refractivity contribution >= 4 is 5.71 Å². The Morgan fingerprint density at radius 2 is 1.80 bits per heavy atom.